The molecule has 1 fully saturated rings. The first-order chi connectivity index (χ1) is 9.19. The van der Waals surface area contributed by atoms with Crippen LogP contribution in [0.2, 0.25) is 0 Å². The molecule has 4 nitrogen and oxygen atoms in total. The predicted molar refractivity (Wildman–Crippen MR) is 71.4 cm³/mol. The number of morpholine rings is 1. The molecule has 0 bridgehead atoms. The SMILES string of the molecule is CC(CC1COCCN1)Nc1ccc(C#N)cc1F. The summed E-state index contributed by atoms with van der Waals surface area (Å²) in [5.41, 5.74) is 0.765. The van der Waals surface area contributed by atoms with Crippen LogP contribution >= 0.6 is 0 Å². The number of anilines is 1. The number of nitrogens with zero attached hydrogens (tertiary/aromatic N) is 1. The van der Waals surface area contributed by atoms with Crippen molar-refractivity contribution in [1.29, 1.82) is 5.26 Å². The highest BCUT2D eigenvalue weighted by Crippen LogP contribution is 2.17. The Morgan fingerprint density at radius 1 is 1.63 bits per heavy atom. The topological polar surface area (TPSA) is 57.1 Å². The average molecular weight is 263 g/mol. The van der Waals surface area contributed by atoms with Crippen molar-refractivity contribution in [3.63, 3.8) is 0 Å². The lowest BCUT2D eigenvalue weighted by atomic mass is 10.1. The van der Waals surface area contributed by atoms with E-state index in [0.717, 1.165) is 19.6 Å². The van der Waals surface area contributed by atoms with Crippen LogP contribution in [0, 0.1) is 17.1 Å². The molecule has 1 saturated heterocycles. The summed E-state index contributed by atoms with van der Waals surface area (Å²) in [7, 11) is 0. The minimum absolute atomic E-state index is 0.127. The molecule has 2 unspecified atom stereocenters. The number of nitriles is 1. The standard InChI is InChI=1S/C14H18FN3O/c1-10(6-12-9-19-5-4-17-12)18-14-3-2-11(8-16)7-13(14)15/h2-3,7,10,12,17-18H,4-6,9H2,1H3. The van der Waals surface area contributed by atoms with Crippen LogP contribution in [0.25, 0.3) is 0 Å². The van der Waals surface area contributed by atoms with E-state index in [1.165, 1.54) is 6.07 Å². The van der Waals surface area contributed by atoms with Gasteiger partial charge in [0.15, 0.2) is 0 Å². The highest BCUT2D eigenvalue weighted by Gasteiger charge is 2.16. The maximum absolute atomic E-state index is 13.7. The van der Waals surface area contributed by atoms with Crippen molar-refractivity contribution < 1.29 is 9.13 Å². The second-order valence-corrected chi connectivity index (χ2v) is 4.81. The van der Waals surface area contributed by atoms with E-state index in [2.05, 4.69) is 10.6 Å². The molecule has 2 atom stereocenters. The van der Waals surface area contributed by atoms with Crippen molar-refractivity contribution in [2.75, 3.05) is 25.1 Å². The second-order valence-electron chi connectivity index (χ2n) is 4.81. The Labute approximate surface area is 112 Å². The number of hydrogen-bond donors (Lipinski definition) is 2. The Balaban J connectivity index is 1.91. The molecule has 0 aliphatic carbocycles. The third kappa shape index (κ3) is 3.91. The van der Waals surface area contributed by atoms with Crippen LogP contribution in [0.5, 0.6) is 0 Å². The molecule has 1 aliphatic heterocycles. The van der Waals surface area contributed by atoms with Gasteiger partial charge in [0, 0.05) is 18.6 Å². The predicted octanol–water partition coefficient (Wildman–Crippen LogP) is 1.88. The molecule has 0 radical (unpaired) electrons. The van der Waals surface area contributed by atoms with Gasteiger partial charge in [0.05, 0.1) is 30.5 Å². The minimum atomic E-state index is -0.390. The highest BCUT2D eigenvalue weighted by molar-refractivity contribution is 5.49. The first-order valence-electron chi connectivity index (χ1n) is 6.46. The van der Waals surface area contributed by atoms with E-state index in [4.69, 9.17) is 10.00 Å². The fraction of sp³-hybridized carbons (Fsp3) is 0.500. The lowest BCUT2D eigenvalue weighted by molar-refractivity contribution is 0.0731. The van der Waals surface area contributed by atoms with Crippen molar-refractivity contribution >= 4 is 5.69 Å². The van der Waals surface area contributed by atoms with E-state index in [1.54, 1.807) is 12.1 Å². The third-order valence-corrected chi connectivity index (χ3v) is 3.14. The molecule has 2 N–H and O–H groups in total. The quantitative estimate of drug-likeness (QED) is 0.871. The number of halogens is 1. The van der Waals surface area contributed by atoms with E-state index < -0.39 is 5.82 Å². The molecule has 19 heavy (non-hydrogen) atoms. The average Bonchev–Trinajstić information content (AvgIpc) is 2.42. The van der Waals surface area contributed by atoms with Crippen LogP contribution in [-0.2, 0) is 4.74 Å². The zero-order valence-corrected chi connectivity index (χ0v) is 10.9. The van der Waals surface area contributed by atoms with Gasteiger partial charge in [-0.15, -0.1) is 0 Å². The maximum atomic E-state index is 13.7. The van der Waals surface area contributed by atoms with E-state index in [9.17, 15) is 4.39 Å². The van der Waals surface area contributed by atoms with E-state index in [0.29, 0.717) is 23.9 Å². The molecule has 0 amide bonds. The van der Waals surface area contributed by atoms with Crippen molar-refractivity contribution in [1.82, 2.24) is 5.32 Å². The van der Waals surface area contributed by atoms with Gasteiger partial charge in [-0.1, -0.05) is 0 Å². The first kappa shape index (κ1) is 13.8. The normalized spacial score (nSPS) is 20.6. The molecule has 1 heterocycles. The zero-order chi connectivity index (χ0) is 13.7. The number of nitrogens with one attached hydrogen (secondary N) is 2. The summed E-state index contributed by atoms with van der Waals surface area (Å²) in [6, 6.07) is 6.81. The number of rotatable bonds is 4. The number of hydrogen-bond acceptors (Lipinski definition) is 4. The molecule has 1 aliphatic rings. The van der Waals surface area contributed by atoms with Crippen LogP contribution in [0.15, 0.2) is 18.2 Å². The zero-order valence-electron chi connectivity index (χ0n) is 10.9. The second kappa shape index (κ2) is 6.50. The summed E-state index contributed by atoms with van der Waals surface area (Å²) in [5, 5.41) is 15.2. The molecule has 0 aromatic heterocycles. The van der Waals surface area contributed by atoms with E-state index >= 15 is 0 Å². The Kier molecular flexibility index (Phi) is 4.72. The van der Waals surface area contributed by atoms with Gasteiger partial charge < -0.3 is 15.4 Å². The van der Waals surface area contributed by atoms with Crippen LogP contribution in [0.4, 0.5) is 10.1 Å². The van der Waals surface area contributed by atoms with Crippen LogP contribution in [0.3, 0.4) is 0 Å². The lowest BCUT2D eigenvalue weighted by Gasteiger charge is -2.27. The molecule has 0 spiro atoms. The van der Waals surface area contributed by atoms with Gasteiger partial charge in [-0.2, -0.15) is 5.26 Å². The molecule has 102 valence electrons. The highest BCUT2D eigenvalue weighted by atomic mass is 19.1. The van der Waals surface area contributed by atoms with Gasteiger partial charge in [0.1, 0.15) is 5.82 Å². The summed E-state index contributed by atoms with van der Waals surface area (Å²) >= 11 is 0. The molecule has 5 heteroatoms. The summed E-state index contributed by atoms with van der Waals surface area (Å²) < 4.78 is 19.1. The van der Waals surface area contributed by atoms with Gasteiger partial charge in [-0.05, 0) is 31.5 Å². The lowest BCUT2D eigenvalue weighted by Crippen LogP contribution is -2.43. The Bertz CT molecular complexity index is 466. The molecule has 1 aromatic rings. The monoisotopic (exact) mass is 263 g/mol. The molecule has 0 saturated carbocycles. The van der Waals surface area contributed by atoms with Crippen LogP contribution in [-0.4, -0.2) is 31.8 Å². The van der Waals surface area contributed by atoms with E-state index in [1.807, 2.05) is 13.0 Å². The van der Waals surface area contributed by atoms with Gasteiger partial charge in [-0.3, -0.25) is 0 Å². The molecule has 2 rings (SSSR count). The van der Waals surface area contributed by atoms with Crippen molar-refractivity contribution in [3.05, 3.63) is 29.6 Å². The van der Waals surface area contributed by atoms with Crippen molar-refractivity contribution in [2.24, 2.45) is 0 Å². The minimum Gasteiger partial charge on any atom is -0.380 e. The number of benzene rings is 1. The molecule has 1 aromatic carbocycles. The Morgan fingerprint density at radius 2 is 2.47 bits per heavy atom. The Hall–Kier alpha value is -1.64. The van der Waals surface area contributed by atoms with Gasteiger partial charge >= 0.3 is 0 Å². The van der Waals surface area contributed by atoms with Crippen molar-refractivity contribution in [2.45, 2.75) is 25.4 Å². The summed E-state index contributed by atoms with van der Waals surface area (Å²) in [6.07, 6.45) is 0.861. The maximum Gasteiger partial charge on any atom is 0.147 e. The smallest absolute Gasteiger partial charge is 0.147 e. The fourth-order valence-corrected chi connectivity index (χ4v) is 2.22. The summed E-state index contributed by atoms with van der Waals surface area (Å²) in [6.45, 7) is 4.32. The van der Waals surface area contributed by atoms with Gasteiger partial charge in [0.2, 0.25) is 0 Å². The summed E-state index contributed by atoms with van der Waals surface area (Å²) in [4.78, 5) is 0. The number of ether oxygens (including phenoxy) is 1. The molecular formula is C14H18FN3O. The van der Waals surface area contributed by atoms with Crippen molar-refractivity contribution in [3.8, 4) is 6.07 Å². The van der Waals surface area contributed by atoms with Crippen LogP contribution < -0.4 is 10.6 Å². The van der Waals surface area contributed by atoms with Crippen LogP contribution in [0.1, 0.15) is 18.9 Å². The first-order valence-corrected chi connectivity index (χ1v) is 6.46. The summed E-state index contributed by atoms with van der Waals surface area (Å²) in [5.74, 6) is -0.390. The largest absolute Gasteiger partial charge is 0.380 e. The van der Waals surface area contributed by atoms with Gasteiger partial charge in [0.25, 0.3) is 0 Å². The Morgan fingerprint density at radius 3 is 3.11 bits per heavy atom. The third-order valence-electron chi connectivity index (χ3n) is 3.14. The van der Waals surface area contributed by atoms with E-state index in [-0.39, 0.29) is 6.04 Å². The molecular weight excluding hydrogens is 245 g/mol. The fourth-order valence-electron chi connectivity index (χ4n) is 2.22. The van der Waals surface area contributed by atoms with Gasteiger partial charge in [-0.25, -0.2) is 4.39 Å².